The molecule has 3 nitrogen and oxygen atoms in total. The number of rotatable bonds is 3. The van der Waals surface area contributed by atoms with Gasteiger partial charge in [-0.1, -0.05) is 13.3 Å². The van der Waals surface area contributed by atoms with Crippen molar-refractivity contribution >= 4 is 15.5 Å². The van der Waals surface area contributed by atoms with Gasteiger partial charge in [-0.2, -0.15) is 0 Å². The van der Waals surface area contributed by atoms with Crippen LogP contribution in [-0.4, -0.2) is 13.7 Å². The average molecular weight is 285 g/mol. The van der Waals surface area contributed by atoms with Crippen LogP contribution in [0.2, 0.25) is 0 Å². The van der Waals surface area contributed by atoms with Crippen LogP contribution in [0.4, 0.5) is 10.1 Å². The second-order valence-electron chi connectivity index (χ2n) is 5.28. The fourth-order valence-corrected chi connectivity index (χ4v) is 4.71. The number of halogens is 1. The summed E-state index contributed by atoms with van der Waals surface area (Å²) >= 11 is 0. The molecule has 0 atom stereocenters. The number of hydrogen-bond donors (Lipinski definition) is 1. The summed E-state index contributed by atoms with van der Waals surface area (Å²) in [6, 6.07) is 3.51. The van der Waals surface area contributed by atoms with Crippen LogP contribution in [0.25, 0.3) is 0 Å². The maximum atomic E-state index is 13.0. The summed E-state index contributed by atoms with van der Waals surface area (Å²) in [5, 5.41) is -0.372. The molecule has 0 bridgehead atoms. The Morgan fingerprint density at radius 3 is 2.42 bits per heavy atom. The number of benzene rings is 1. The molecule has 1 aliphatic rings. The van der Waals surface area contributed by atoms with E-state index < -0.39 is 15.7 Å². The van der Waals surface area contributed by atoms with Crippen LogP contribution in [0.5, 0.6) is 0 Å². The molecule has 106 valence electrons. The monoisotopic (exact) mass is 285 g/mol. The largest absolute Gasteiger partial charge is 0.398 e. The quantitative estimate of drug-likeness (QED) is 0.685. The first-order valence-electron chi connectivity index (χ1n) is 6.74. The van der Waals surface area contributed by atoms with Crippen LogP contribution in [0.3, 0.4) is 0 Å². The van der Waals surface area contributed by atoms with Crippen molar-refractivity contribution in [2.24, 2.45) is 5.92 Å². The van der Waals surface area contributed by atoms with E-state index in [-0.39, 0.29) is 15.8 Å². The molecule has 0 unspecified atom stereocenters. The van der Waals surface area contributed by atoms with Crippen molar-refractivity contribution in [3.63, 3.8) is 0 Å². The minimum Gasteiger partial charge on any atom is -0.398 e. The lowest BCUT2D eigenvalue weighted by Crippen LogP contribution is -2.27. The molecule has 1 saturated carbocycles. The molecule has 1 fully saturated rings. The van der Waals surface area contributed by atoms with Crippen molar-refractivity contribution < 1.29 is 12.8 Å². The normalized spacial score (nSPS) is 24.3. The highest BCUT2D eigenvalue weighted by Gasteiger charge is 2.32. The van der Waals surface area contributed by atoms with Gasteiger partial charge in [0.2, 0.25) is 0 Å². The summed E-state index contributed by atoms with van der Waals surface area (Å²) in [7, 11) is -3.43. The highest BCUT2D eigenvalue weighted by atomic mass is 32.2. The van der Waals surface area contributed by atoms with Gasteiger partial charge in [-0.15, -0.1) is 0 Å². The van der Waals surface area contributed by atoms with Gasteiger partial charge in [-0.25, -0.2) is 12.8 Å². The highest BCUT2D eigenvalue weighted by Crippen LogP contribution is 2.34. The van der Waals surface area contributed by atoms with Gasteiger partial charge < -0.3 is 5.73 Å². The lowest BCUT2D eigenvalue weighted by molar-refractivity contribution is 0.348. The van der Waals surface area contributed by atoms with E-state index in [2.05, 4.69) is 6.92 Å². The summed E-state index contributed by atoms with van der Waals surface area (Å²) in [4.78, 5) is 0.0776. The number of nitrogen functional groups attached to an aromatic ring is 1. The van der Waals surface area contributed by atoms with E-state index >= 15 is 0 Å². The fraction of sp³-hybridized carbons (Fsp3) is 0.571. The van der Waals surface area contributed by atoms with Crippen molar-refractivity contribution in [1.82, 2.24) is 0 Å². The Morgan fingerprint density at radius 1 is 1.26 bits per heavy atom. The summed E-state index contributed by atoms with van der Waals surface area (Å²) in [6.45, 7) is 2.14. The van der Waals surface area contributed by atoms with Gasteiger partial charge >= 0.3 is 0 Å². The SMILES string of the molecule is CCC1CCC(S(=O)(=O)c2ccc(F)cc2N)CC1. The fourth-order valence-electron chi connectivity index (χ4n) is 2.81. The number of anilines is 1. The van der Waals surface area contributed by atoms with Gasteiger partial charge in [0, 0.05) is 0 Å². The summed E-state index contributed by atoms with van der Waals surface area (Å²) in [5.74, 6) is 0.128. The third-order valence-corrected chi connectivity index (χ3v) is 6.42. The minimum atomic E-state index is -3.43. The van der Waals surface area contributed by atoms with Gasteiger partial charge in [-0.3, -0.25) is 0 Å². The molecular weight excluding hydrogens is 265 g/mol. The second-order valence-corrected chi connectivity index (χ2v) is 7.47. The summed E-state index contributed by atoms with van der Waals surface area (Å²) in [6.07, 6.45) is 4.35. The van der Waals surface area contributed by atoms with E-state index in [0.717, 1.165) is 31.4 Å². The molecule has 0 amide bonds. The van der Waals surface area contributed by atoms with Crippen LogP contribution in [0.15, 0.2) is 23.1 Å². The molecule has 0 radical (unpaired) electrons. The van der Waals surface area contributed by atoms with Gasteiger partial charge in [0.15, 0.2) is 9.84 Å². The Hall–Kier alpha value is -1.10. The number of nitrogens with two attached hydrogens (primary N) is 1. The number of hydrogen-bond acceptors (Lipinski definition) is 3. The molecule has 5 heteroatoms. The van der Waals surface area contributed by atoms with E-state index in [1.165, 1.54) is 6.07 Å². The van der Waals surface area contributed by atoms with Gasteiger partial charge in [0.1, 0.15) is 5.82 Å². The smallest absolute Gasteiger partial charge is 0.183 e. The Kier molecular flexibility index (Phi) is 4.13. The molecule has 0 heterocycles. The first kappa shape index (κ1) is 14.3. The zero-order valence-corrected chi connectivity index (χ0v) is 11.9. The van der Waals surface area contributed by atoms with Crippen LogP contribution >= 0.6 is 0 Å². The van der Waals surface area contributed by atoms with Crippen LogP contribution in [0.1, 0.15) is 39.0 Å². The molecule has 1 aromatic carbocycles. The molecule has 1 aromatic rings. The molecule has 1 aliphatic carbocycles. The van der Waals surface area contributed by atoms with Crippen molar-refractivity contribution in [2.45, 2.75) is 49.2 Å². The first-order valence-corrected chi connectivity index (χ1v) is 8.28. The van der Waals surface area contributed by atoms with Gasteiger partial charge in [0.05, 0.1) is 15.8 Å². The molecular formula is C14H20FNO2S. The lowest BCUT2D eigenvalue weighted by Gasteiger charge is -2.27. The van der Waals surface area contributed by atoms with E-state index in [1.54, 1.807) is 0 Å². The Labute approximate surface area is 113 Å². The average Bonchev–Trinajstić information content (AvgIpc) is 2.38. The Bertz CT molecular complexity index is 549. The van der Waals surface area contributed by atoms with Crippen molar-refractivity contribution in [2.75, 3.05) is 5.73 Å². The van der Waals surface area contributed by atoms with Crippen molar-refractivity contribution in [3.8, 4) is 0 Å². The van der Waals surface area contributed by atoms with Crippen molar-refractivity contribution in [1.29, 1.82) is 0 Å². The molecule has 0 spiro atoms. The highest BCUT2D eigenvalue weighted by molar-refractivity contribution is 7.92. The van der Waals surface area contributed by atoms with Crippen LogP contribution in [0, 0.1) is 11.7 Å². The molecule has 0 aromatic heterocycles. The lowest BCUT2D eigenvalue weighted by atomic mass is 9.87. The molecule has 2 rings (SSSR count). The van der Waals surface area contributed by atoms with Crippen LogP contribution < -0.4 is 5.73 Å². The third-order valence-electron chi connectivity index (χ3n) is 4.09. The number of sulfone groups is 1. The summed E-state index contributed by atoms with van der Waals surface area (Å²) in [5.41, 5.74) is 5.66. The Morgan fingerprint density at radius 2 is 1.89 bits per heavy atom. The van der Waals surface area contributed by atoms with Crippen molar-refractivity contribution in [3.05, 3.63) is 24.0 Å². The molecule has 0 aliphatic heterocycles. The first-order chi connectivity index (χ1) is 8.95. The van der Waals surface area contributed by atoms with E-state index in [4.69, 9.17) is 5.73 Å². The van der Waals surface area contributed by atoms with E-state index in [1.807, 2.05) is 0 Å². The zero-order valence-electron chi connectivity index (χ0n) is 11.1. The van der Waals surface area contributed by atoms with E-state index in [9.17, 15) is 12.8 Å². The van der Waals surface area contributed by atoms with E-state index in [0.29, 0.717) is 18.8 Å². The molecule has 2 N–H and O–H groups in total. The van der Waals surface area contributed by atoms with Crippen LogP contribution in [-0.2, 0) is 9.84 Å². The Balaban J connectivity index is 2.23. The minimum absolute atomic E-state index is 0.0117. The predicted octanol–water partition coefficient (Wildman–Crippen LogP) is 3.15. The molecule has 0 saturated heterocycles. The zero-order chi connectivity index (χ0) is 14.0. The maximum absolute atomic E-state index is 13.0. The predicted molar refractivity (Wildman–Crippen MR) is 74.0 cm³/mol. The standard InChI is InChI=1S/C14H20FNO2S/c1-2-10-3-6-12(7-4-10)19(17,18)14-8-5-11(15)9-13(14)16/h5,8-10,12H,2-4,6-7,16H2,1H3. The maximum Gasteiger partial charge on any atom is 0.183 e. The second kappa shape index (κ2) is 5.49. The van der Waals surface area contributed by atoms with Gasteiger partial charge in [0.25, 0.3) is 0 Å². The molecule has 19 heavy (non-hydrogen) atoms. The summed E-state index contributed by atoms with van der Waals surface area (Å²) < 4.78 is 38.0. The topological polar surface area (TPSA) is 60.2 Å². The third kappa shape index (κ3) is 2.91. The van der Waals surface area contributed by atoms with Gasteiger partial charge in [-0.05, 0) is 49.8 Å².